The molecule has 33 heavy (non-hydrogen) atoms. The normalized spacial score (nSPS) is 21.0. The average Bonchev–Trinajstić information content (AvgIpc) is 2.85. The van der Waals surface area contributed by atoms with Gasteiger partial charge in [0.25, 0.3) is 0 Å². The maximum atomic E-state index is 13.2. The van der Waals surface area contributed by atoms with Gasteiger partial charge in [0, 0.05) is 42.5 Å². The molecular formula is C26H31BrN2O4. The summed E-state index contributed by atoms with van der Waals surface area (Å²) in [5, 5.41) is 0. The molecule has 0 bridgehead atoms. The first-order valence-corrected chi connectivity index (χ1v) is 12.4. The lowest BCUT2D eigenvalue weighted by atomic mass is 9.77. The maximum Gasteiger partial charge on any atom is 0.227 e. The molecular weight excluding hydrogens is 484 g/mol. The minimum atomic E-state index is -0.410. The molecule has 2 aromatic carbocycles. The van der Waals surface area contributed by atoms with Crippen molar-refractivity contribution in [3.63, 3.8) is 0 Å². The van der Waals surface area contributed by atoms with E-state index < -0.39 is 5.41 Å². The lowest BCUT2D eigenvalue weighted by Gasteiger charge is -2.43. The van der Waals surface area contributed by atoms with E-state index in [0.29, 0.717) is 58.8 Å². The van der Waals surface area contributed by atoms with Gasteiger partial charge < -0.3 is 19.3 Å². The van der Waals surface area contributed by atoms with Crippen molar-refractivity contribution in [2.24, 2.45) is 5.41 Å². The van der Waals surface area contributed by atoms with Gasteiger partial charge in [0.2, 0.25) is 11.8 Å². The topological polar surface area (TPSA) is 59.1 Å². The molecule has 176 valence electrons. The fourth-order valence-corrected chi connectivity index (χ4v) is 5.07. The van der Waals surface area contributed by atoms with Gasteiger partial charge in [0.1, 0.15) is 5.75 Å². The van der Waals surface area contributed by atoms with Crippen LogP contribution in [0.1, 0.15) is 24.8 Å². The van der Waals surface area contributed by atoms with Crippen molar-refractivity contribution in [1.82, 2.24) is 9.80 Å². The van der Waals surface area contributed by atoms with Gasteiger partial charge in [-0.2, -0.15) is 0 Å². The zero-order chi connectivity index (χ0) is 23.1. The molecule has 2 aliphatic rings. The lowest BCUT2D eigenvalue weighted by molar-refractivity contribution is -0.143. The first kappa shape index (κ1) is 23.8. The number of carbonyl (C=O) groups is 2. The van der Waals surface area contributed by atoms with Gasteiger partial charge in [-0.05, 0) is 36.6 Å². The highest BCUT2D eigenvalue weighted by Crippen LogP contribution is 2.36. The summed E-state index contributed by atoms with van der Waals surface area (Å²) in [4.78, 5) is 30.2. The summed E-state index contributed by atoms with van der Waals surface area (Å²) in [5.41, 5.74) is 0.566. The Balaban J connectivity index is 1.49. The smallest absolute Gasteiger partial charge is 0.227 e. The van der Waals surface area contributed by atoms with Gasteiger partial charge in [0.15, 0.2) is 0 Å². The second-order valence-corrected chi connectivity index (χ2v) is 9.81. The molecule has 0 aromatic heterocycles. The molecule has 1 unspecified atom stereocenters. The number of hydrogen-bond acceptors (Lipinski definition) is 4. The van der Waals surface area contributed by atoms with Crippen LogP contribution in [-0.2, 0) is 20.7 Å². The van der Waals surface area contributed by atoms with E-state index in [-0.39, 0.29) is 11.8 Å². The average molecular weight is 515 g/mol. The number of likely N-dealkylation sites (tertiary alicyclic amines) is 1. The zero-order valence-corrected chi connectivity index (χ0v) is 20.5. The van der Waals surface area contributed by atoms with Crippen molar-refractivity contribution in [3.8, 4) is 5.75 Å². The predicted molar refractivity (Wildman–Crippen MR) is 130 cm³/mol. The Morgan fingerprint density at radius 3 is 2.42 bits per heavy atom. The molecule has 2 fully saturated rings. The number of piperidine rings is 1. The third kappa shape index (κ3) is 6.36. The summed E-state index contributed by atoms with van der Waals surface area (Å²) in [5.74, 6) is 0.993. The number of morpholine rings is 1. The Labute approximate surface area is 204 Å². The largest absolute Gasteiger partial charge is 0.493 e. The molecule has 1 atom stereocenters. The van der Waals surface area contributed by atoms with Crippen molar-refractivity contribution in [1.29, 1.82) is 0 Å². The van der Waals surface area contributed by atoms with E-state index in [0.717, 1.165) is 28.6 Å². The molecule has 4 rings (SSSR count). The highest BCUT2D eigenvalue weighted by molar-refractivity contribution is 9.10. The standard InChI is InChI=1S/C26H31BrN2O4/c27-23-10-5-4-7-21(23)17-24(30)29-12-6-11-26(19-29,20-33-22-8-2-1-3-9-22)18-25(31)28-13-15-32-16-14-28/h1-5,7-10H,6,11-20H2. The predicted octanol–water partition coefficient (Wildman–Crippen LogP) is 3.93. The quantitative estimate of drug-likeness (QED) is 0.561. The molecule has 0 spiro atoms. The number of halogens is 1. The molecule has 2 amide bonds. The van der Waals surface area contributed by atoms with Crippen LogP contribution in [0.2, 0.25) is 0 Å². The number of amides is 2. The van der Waals surface area contributed by atoms with Gasteiger partial charge in [0.05, 0.1) is 26.2 Å². The number of nitrogens with zero attached hydrogens (tertiary/aromatic N) is 2. The lowest BCUT2D eigenvalue weighted by Crippen LogP contribution is -2.52. The monoisotopic (exact) mass is 514 g/mol. The van der Waals surface area contributed by atoms with E-state index in [1.807, 2.05) is 64.4 Å². The molecule has 0 aliphatic carbocycles. The summed E-state index contributed by atoms with van der Waals surface area (Å²) in [6, 6.07) is 17.5. The van der Waals surface area contributed by atoms with Gasteiger partial charge in [-0.3, -0.25) is 9.59 Å². The fraction of sp³-hybridized carbons (Fsp3) is 0.462. The van der Waals surface area contributed by atoms with E-state index in [1.165, 1.54) is 0 Å². The Kier molecular flexibility index (Phi) is 8.04. The summed E-state index contributed by atoms with van der Waals surface area (Å²) in [7, 11) is 0. The highest BCUT2D eigenvalue weighted by Gasteiger charge is 2.41. The number of ether oxygens (including phenoxy) is 2. The molecule has 2 aromatic rings. The van der Waals surface area contributed by atoms with Crippen LogP contribution in [0.4, 0.5) is 0 Å². The Morgan fingerprint density at radius 2 is 1.67 bits per heavy atom. The van der Waals surface area contributed by atoms with Crippen LogP contribution >= 0.6 is 15.9 Å². The maximum absolute atomic E-state index is 13.2. The van der Waals surface area contributed by atoms with Crippen LogP contribution in [0.25, 0.3) is 0 Å². The third-order valence-corrected chi connectivity index (χ3v) is 7.27. The third-order valence-electron chi connectivity index (χ3n) is 6.49. The Hall–Kier alpha value is -2.38. The zero-order valence-electron chi connectivity index (χ0n) is 18.9. The van der Waals surface area contributed by atoms with Gasteiger partial charge in [-0.15, -0.1) is 0 Å². The van der Waals surface area contributed by atoms with Crippen LogP contribution < -0.4 is 4.74 Å². The molecule has 2 aliphatic heterocycles. The molecule has 0 radical (unpaired) electrons. The van der Waals surface area contributed by atoms with Crippen LogP contribution in [-0.4, -0.2) is 67.6 Å². The molecule has 2 saturated heterocycles. The van der Waals surface area contributed by atoms with Crippen LogP contribution in [0.3, 0.4) is 0 Å². The number of rotatable bonds is 7. The van der Waals surface area contributed by atoms with E-state index in [2.05, 4.69) is 15.9 Å². The van der Waals surface area contributed by atoms with Crippen molar-refractivity contribution in [2.45, 2.75) is 25.7 Å². The molecule has 7 heteroatoms. The summed E-state index contributed by atoms with van der Waals surface area (Å²) < 4.78 is 12.5. The summed E-state index contributed by atoms with van der Waals surface area (Å²) in [6.07, 6.45) is 2.43. The minimum Gasteiger partial charge on any atom is -0.493 e. The second kappa shape index (κ2) is 11.2. The van der Waals surface area contributed by atoms with Gasteiger partial charge in [-0.25, -0.2) is 0 Å². The van der Waals surface area contributed by atoms with E-state index in [4.69, 9.17) is 9.47 Å². The first-order valence-electron chi connectivity index (χ1n) is 11.6. The van der Waals surface area contributed by atoms with Crippen LogP contribution in [0.5, 0.6) is 5.75 Å². The van der Waals surface area contributed by atoms with Crippen molar-refractivity contribution in [3.05, 3.63) is 64.6 Å². The fourth-order valence-electron chi connectivity index (χ4n) is 4.65. The number of para-hydroxylation sites is 1. The molecule has 0 N–H and O–H groups in total. The van der Waals surface area contributed by atoms with Crippen LogP contribution in [0.15, 0.2) is 59.1 Å². The van der Waals surface area contributed by atoms with Crippen molar-refractivity contribution >= 4 is 27.7 Å². The van der Waals surface area contributed by atoms with Crippen molar-refractivity contribution in [2.75, 3.05) is 46.0 Å². The molecule has 2 heterocycles. The van der Waals surface area contributed by atoms with Crippen molar-refractivity contribution < 1.29 is 19.1 Å². The Morgan fingerprint density at radius 1 is 0.939 bits per heavy atom. The van der Waals surface area contributed by atoms with E-state index >= 15 is 0 Å². The second-order valence-electron chi connectivity index (χ2n) is 8.96. The molecule has 0 saturated carbocycles. The highest BCUT2D eigenvalue weighted by atomic mass is 79.9. The van der Waals surface area contributed by atoms with Gasteiger partial charge in [-0.1, -0.05) is 52.3 Å². The van der Waals surface area contributed by atoms with Gasteiger partial charge >= 0.3 is 0 Å². The van der Waals surface area contributed by atoms with Crippen LogP contribution in [0, 0.1) is 5.41 Å². The van der Waals surface area contributed by atoms with E-state index in [1.54, 1.807) is 0 Å². The minimum absolute atomic E-state index is 0.0875. The molecule has 6 nitrogen and oxygen atoms in total. The number of carbonyl (C=O) groups excluding carboxylic acids is 2. The number of benzene rings is 2. The number of hydrogen-bond donors (Lipinski definition) is 0. The summed E-state index contributed by atoms with van der Waals surface area (Å²) >= 11 is 3.55. The first-order chi connectivity index (χ1) is 16.0. The van der Waals surface area contributed by atoms with E-state index in [9.17, 15) is 9.59 Å². The summed E-state index contributed by atoms with van der Waals surface area (Å²) in [6.45, 7) is 4.05. The SMILES string of the molecule is O=C(CC1(COc2ccccc2)CCCN(C(=O)Cc2ccccc2Br)C1)N1CCOCC1. The Bertz CT molecular complexity index is 948.